The average molecular weight is 263 g/mol. The molecule has 3 N–H and O–H groups in total. The molecule has 1 aromatic carbocycles. The van der Waals surface area contributed by atoms with Gasteiger partial charge < -0.3 is 15.7 Å². The fourth-order valence-corrected chi connectivity index (χ4v) is 2.94. The molecule has 1 heterocycles. The van der Waals surface area contributed by atoms with Gasteiger partial charge in [0.05, 0.1) is 6.04 Å². The van der Waals surface area contributed by atoms with Crippen LogP contribution in [0.2, 0.25) is 0 Å². The molecule has 1 aliphatic rings. The van der Waals surface area contributed by atoms with Gasteiger partial charge in [-0.1, -0.05) is 18.2 Å². The van der Waals surface area contributed by atoms with Crippen molar-refractivity contribution >= 4 is 0 Å². The van der Waals surface area contributed by atoms with Crippen LogP contribution in [0.15, 0.2) is 24.3 Å². The lowest BCUT2D eigenvalue weighted by Gasteiger charge is -2.39. The number of phenols is 1. The number of aromatic hydroxyl groups is 1. The Bertz CT molecular complexity index is 402. The Labute approximate surface area is 115 Å². The molecule has 2 rings (SSSR count). The van der Waals surface area contributed by atoms with E-state index in [9.17, 15) is 5.11 Å². The average Bonchev–Trinajstić information content (AvgIpc) is 2.42. The van der Waals surface area contributed by atoms with Crippen molar-refractivity contribution in [2.45, 2.75) is 24.9 Å². The topological polar surface area (TPSA) is 52.7 Å². The number of rotatable bonds is 4. The highest BCUT2D eigenvalue weighted by molar-refractivity contribution is 5.34. The van der Waals surface area contributed by atoms with E-state index in [0.717, 1.165) is 31.5 Å². The van der Waals surface area contributed by atoms with E-state index in [4.69, 9.17) is 5.73 Å². The van der Waals surface area contributed by atoms with Crippen LogP contribution in [-0.4, -0.2) is 54.7 Å². The highest BCUT2D eigenvalue weighted by Crippen LogP contribution is 2.30. The van der Waals surface area contributed by atoms with Crippen molar-refractivity contribution in [3.05, 3.63) is 29.8 Å². The van der Waals surface area contributed by atoms with Crippen molar-refractivity contribution in [1.29, 1.82) is 0 Å². The van der Waals surface area contributed by atoms with Crippen LogP contribution in [0.1, 0.15) is 24.4 Å². The van der Waals surface area contributed by atoms with Gasteiger partial charge in [-0.25, -0.2) is 0 Å². The number of para-hydroxylation sites is 1. The van der Waals surface area contributed by atoms with Gasteiger partial charge in [0.25, 0.3) is 0 Å². The van der Waals surface area contributed by atoms with E-state index in [-0.39, 0.29) is 6.04 Å². The minimum Gasteiger partial charge on any atom is -0.508 e. The highest BCUT2D eigenvalue weighted by Gasteiger charge is 2.27. The molecule has 1 saturated heterocycles. The van der Waals surface area contributed by atoms with Crippen molar-refractivity contribution in [1.82, 2.24) is 9.80 Å². The van der Waals surface area contributed by atoms with E-state index < -0.39 is 0 Å². The summed E-state index contributed by atoms with van der Waals surface area (Å²) < 4.78 is 0. The quantitative estimate of drug-likeness (QED) is 0.862. The van der Waals surface area contributed by atoms with Crippen molar-refractivity contribution in [3.63, 3.8) is 0 Å². The first kappa shape index (κ1) is 14.3. The summed E-state index contributed by atoms with van der Waals surface area (Å²) in [5.41, 5.74) is 6.88. The van der Waals surface area contributed by atoms with Crippen LogP contribution in [0.5, 0.6) is 5.75 Å². The van der Waals surface area contributed by atoms with Crippen LogP contribution >= 0.6 is 0 Å². The Hall–Kier alpha value is -1.10. The number of likely N-dealkylation sites (tertiary alicyclic amines) is 1. The maximum Gasteiger partial charge on any atom is 0.120 e. The first-order chi connectivity index (χ1) is 9.13. The summed E-state index contributed by atoms with van der Waals surface area (Å²) in [4.78, 5) is 4.70. The molecule has 0 saturated carbocycles. The molecule has 1 fully saturated rings. The van der Waals surface area contributed by atoms with Gasteiger partial charge in [-0.2, -0.15) is 0 Å². The molecule has 1 atom stereocenters. The highest BCUT2D eigenvalue weighted by atomic mass is 16.3. The summed E-state index contributed by atoms with van der Waals surface area (Å²) in [6.07, 6.45) is 2.33. The summed E-state index contributed by atoms with van der Waals surface area (Å²) in [7, 11) is 4.29. The Morgan fingerprint density at radius 2 is 2.00 bits per heavy atom. The normalized spacial score (nSPS) is 19.8. The van der Waals surface area contributed by atoms with Gasteiger partial charge in [0, 0.05) is 18.2 Å². The van der Waals surface area contributed by atoms with Crippen LogP contribution in [-0.2, 0) is 0 Å². The molecule has 4 nitrogen and oxygen atoms in total. The van der Waals surface area contributed by atoms with Crippen molar-refractivity contribution in [2.24, 2.45) is 5.73 Å². The molecular weight excluding hydrogens is 238 g/mol. The molecule has 0 spiro atoms. The number of benzene rings is 1. The molecule has 0 aromatic heterocycles. The molecule has 1 aliphatic heterocycles. The van der Waals surface area contributed by atoms with E-state index in [1.54, 1.807) is 6.07 Å². The van der Waals surface area contributed by atoms with Crippen LogP contribution < -0.4 is 5.73 Å². The molecule has 0 radical (unpaired) electrons. The predicted molar refractivity (Wildman–Crippen MR) is 78.2 cm³/mol. The van der Waals surface area contributed by atoms with Crippen LogP contribution in [0.4, 0.5) is 0 Å². The van der Waals surface area contributed by atoms with Gasteiger partial charge >= 0.3 is 0 Å². The Morgan fingerprint density at radius 1 is 1.37 bits per heavy atom. The van der Waals surface area contributed by atoms with E-state index in [2.05, 4.69) is 23.9 Å². The third kappa shape index (κ3) is 3.26. The number of hydrogen-bond acceptors (Lipinski definition) is 4. The van der Waals surface area contributed by atoms with Crippen LogP contribution in [0, 0.1) is 0 Å². The number of phenolic OH excluding ortho intramolecular Hbond substituents is 1. The van der Waals surface area contributed by atoms with Gasteiger partial charge in [-0.15, -0.1) is 0 Å². The number of nitrogens with two attached hydrogens (primary N) is 1. The van der Waals surface area contributed by atoms with Crippen molar-refractivity contribution in [2.75, 3.05) is 33.7 Å². The Morgan fingerprint density at radius 3 is 2.58 bits per heavy atom. The second-order valence-corrected chi connectivity index (χ2v) is 5.51. The summed E-state index contributed by atoms with van der Waals surface area (Å²) in [5, 5.41) is 10.0. The standard InChI is InChI=1S/C15H25N3O/c1-17-9-7-12(8-10-17)18(2)14(11-16)13-5-3-4-6-15(13)19/h3-6,12,14,19H,7-11,16H2,1-2H3. The van der Waals surface area contributed by atoms with Gasteiger partial charge in [0.15, 0.2) is 0 Å². The molecule has 19 heavy (non-hydrogen) atoms. The zero-order valence-corrected chi connectivity index (χ0v) is 11.9. The zero-order valence-electron chi connectivity index (χ0n) is 11.9. The van der Waals surface area contributed by atoms with Crippen molar-refractivity contribution < 1.29 is 5.11 Å². The monoisotopic (exact) mass is 263 g/mol. The van der Waals surface area contributed by atoms with Crippen LogP contribution in [0.25, 0.3) is 0 Å². The van der Waals surface area contributed by atoms with Gasteiger partial charge in [-0.05, 0) is 46.1 Å². The lowest BCUT2D eigenvalue weighted by atomic mass is 9.98. The van der Waals surface area contributed by atoms with E-state index in [1.165, 1.54) is 0 Å². The molecular formula is C15H25N3O. The van der Waals surface area contributed by atoms with Crippen molar-refractivity contribution in [3.8, 4) is 5.75 Å². The maximum absolute atomic E-state index is 10.0. The summed E-state index contributed by atoms with van der Waals surface area (Å²) >= 11 is 0. The molecule has 0 amide bonds. The summed E-state index contributed by atoms with van der Waals surface area (Å²) in [6.45, 7) is 2.79. The summed E-state index contributed by atoms with van der Waals surface area (Å²) in [5.74, 6) is 0.345. The molecule has 1 aromatic rings. The number of piperidine rings is 1. The number of hydrogen-bond donors (Lipinski definition) is 2. The first-order valence-corrected chi connectivity index (χ1v) is 7.02. The lowest BCUT2D eigenvalue weighted by molar-refractivity contribution is 0.108. The SMILES string of the molecule is CN1CCC(N(C)C(CN)c2ccccc2O)CC1. The fraction of sp³-hybridized carbons (Fsp3) is 0.600. The number of likely N-dealkylation sites (N-methyl/N-ethyl adjacent to an activating group) is 1. The Kier molecular flexibility index (Phi) is 4.80. The van der Waals surface area contributed by atoms with Crippen LogP contribution in [0.3, 0.4) is 0 Å². The second kappa shape index (κ2) is 6.37. The largest absolute Gasteiger partial charge is 0.508 e. The second-order valence-electron chi connectivity index (χ2n) is 5.51. The third-order valence-electron chi connectivity index (χ3n) is 4.27. The van der Waals surface area contributed by atoms with E-state index in [0.29, 0.717) is 18.3 Å². The molecule has 0 aliphatic carbocycles. The summed E-state index contributed by atoms with van der Waals surface area (Å²) in [6, 6.07) is 8.15. The number of nitrogens with zero attached hydrogens (tertiary/aromatic N) is 2. The van der Waals surface area contributed by atoms with Gasteiger partial charge in [0.2, 0.25) is 0 Å². The first-order valence-electron chi connectivity index (χ1n) is 7.02. The molecule has 0 bridgehead atoms. The smallest absolute Gasteiger partial charge is 0.120 e. The van der Waals surface area contributed by atoms with E-state index >= 15 is 0 Å². The fourth-order valence-electron chi connectivity index (χ4n) is 2.94. The minimum atomic E-state index is 0.0922. The van der Waals surface area contributed by atoms with Gasteiger partial charge in [-0.3, -0.25) is 4.90 Å². The molecule has 1 unspecified atom stereocenters. The van der Waals surface area contributed by atoms with E-state index in [1.807, 2.05) is 18.2 Å². The molecule has 4 heteroatoms. The maximum atomic E-state index is 10.0. The molecule has 106 valence electrons. The zero-order chi connectivity index (χ0) is 13.8. The lowest BCUT2D eigenvalue weighted by Crippen LogP contribution is -2.45. The predicted octanol–water partition coefficient (Wildman–Crippen LogP) is 1.42. The third-order valence-corrected chi connectivity index (χ3v) is 4.27. The minimum absolute atomic E-state index is 0.0922. The van der Waals surface area contributed by atoms with Gasteiger partial charge in [0.1, 0.15) is 5.75 Å². The Balaban J connectivity index is 2.11.